The van der Waals surface area contributed by atoms with Gasteiger partial charge in [-0.2, -0.15) is 0 Å². The van der Waals surface area contributed by atoms with E-state index in [0.29, 0.717) is 22.6 Å². The predicted molar refractivity (Wildman–Crippen MR) is 94.5 cm³/mol. The molecule has 1 atom stereocenters. The highest BCUT2D eigenvalue weighted by molar-refractivity contribution is 6.04. The summed E-state index contributed by atoms with van der Waals surface area (Å²) >= 11 is 0. The molecular formula is C19H15N3O3. The third-order valence-corrected chi connectivity index (χ3v) is 3.98. The Morgan fingerprint density at radius 3 is 2.88 bits per heavy atom. The Balaban J connectivity index is 1.50. The molecule has 0 radical (unpaired) electrons. The number of rotatable bonds is 3. The van der Waals surface area contributed by atoms with Gasteiger partial charge in [-0.25, -0.2) is 0 Å². The molecule has 2 aromatic carbocycles. The summed E-state index contributed by atoms with van der Waals surface area (Å²) in [5.41, 5.74) is 1.93. The summed E-state index contributed by atoms with van der Waals surface area (Å²) in [7, 11) is 0. The molecule has 1 aliphatic heterocycles. The van der Waals surface area contributed by atoms with Crippen LogP contribution in [-0.4, -0.2) is 22.9 Å². The molecule has 1 aromatic heterocycles. The van der Waals surface area contributed by atoms with Crippen LogP contribution in [0.25, 0.3) is 10.9 Å². The van der Waals surface area contributed by atoms with Gasteiger partial charge < -0.3 is 15.4 Å². The number of benzene rings is 2. The van der Waals surface area contributed by atoms with Crippen molar-refractivity contribution in [1.82, 2.24) is 4.98 Å². The third-order valence-electron chi connectivity index (χ3n) is 3.98. The van der Waals surface area contributed by atoms with Crippen molar-refractivity contribution in [2.24, 2.45) is 0 Å². The van der Waals surface area contributed by atoms with Crippen LogP contribution in [0, 0.1) is 0 Å². The van der Waals surface area contributed by atoms with Crippen molar-refractivity contribution >= 4 is 34.1 Å². The molecule has 0 aliphatic carbocycles. The number of anilines is 2. The Morgan fingerprint density at radius 2 is 1.96 bits per heavy atom. The molecule has 2 N–H and O–H groups in total. The van der Waals surface area contributed by atoms with E-state index in [1.807, 2.05) is 36.4 Å². The summed E-state index contributed by atoms with van der Waals surface area (Å²) in [6, 6.07) is 16.5. The summed E-state index contributed by atoms with van der Waals surface area (Å²) in [5, 5.41) is 6.50. The van der Waals surface area contributed by atoms with Crippen molar-refractivity contribution in [3.63, 3.8) is 0 Å². The lowest BCUT2D eigenvalue weighted by molar-refractivity contribution is -0.128. The van der Waals surface area contributed by atoms with Crippen LogP contribution in [0.15, 0.2) is 60.8 Å². The zero-order valence-electron chi connectivity index (χ0n) is 13.2. The van der Waals surface area contributed by atoms with Crippen LogP contribution < -0.4 is 15.4 Å². The zero-order chi connectivity index (χ0) is 17.2. The minimum atomic E-state index is -0.863. The quantitative estimate of drug-likeness (QED) is 0.772. The molecule has 3 aromatic rings. The van der Waals surface area contributed by atoms with Gasteiger partial charge in [-0.15, -0.1) is 0 Å². The molecule has 1 aliphatic rings. The molecule has 124 valence electrons. The van der Waals surface area contributed by atoms with Crippen LogP contribution in [-0.2, 0) is 9.59 Å². The van der Waals surface area contributed by atoms with Crippen LogP contribution in [0.4, 0.5) is 11.4 Å². The average molecular weight is 333 g/mol. The van der Waals surface area contributed by atoms with Gasteiger partial charge in [0.2, 0.25) is 5.91 Å². The van der Waals surface area contributed by atoms with Crippen LogP contribution in [0.3, 0.4) is 0 Å². The van der Waals surface area contributed by atoms with Crippen molar-refractivity contribution < 1.29 is 14.3 Å². The number of aromatic nitrogens is 1. The van der Waals surface area contributed by atoms with Gasteiger partial charge in [-0.05, 0) is 24.3 Å². The lowest BCUT2D eigenvalue weighted by atomic mass is 10.1. The molecule has 6 nitrogen and oxygen atoms in total. The highest BCUT2D eigenvalue weighted by Crippen LogP contribution is 2.30. The average Bonchev–Trinajstić information content (AvgIpc) is 2.63. The molecule has 4 rings (SSSR count). The van der Waals surface area contributed by atoms with E-state index in [1.54, 1.807) is 24.4 Å². The van der Waals surface area contributed by atoms with E-state index in [1.165, 1.54) is 0 Å². The van der Waals surface area contributed by atoms with Crippen LogP contribution in [0.2, 0.25) is 0 Å². The van der Waals surface area contributed by atoms with Gasteiger partial charge in [-0.3, -0.25) is 14.6 Å². The molecule has 0 spiro atoms. The fourth-order valence-corrected chi connectivity index (χ4v) is 2.80. The molecule has 0 saturated heterocycles. The van der Waals surface area contributed by atoms with Crippen molar-refractivity contribution in [2.75, 3.05) is 10.6 Å². The smallest absolute Gasteiger partial charge is 0.266 e. The van der Waals surface area contributed by atoms with E-state index in [9.17, 15) is 9.59 Å². The van der Waals surface area contributed by atoms with E-state index < -0.39 is 6.10 Å². The lowest BCUT2D eigenvalue weighted by Crippen LogP contribution is -2.39. The third kappa shape index (κ3) is 3.01. The first-order chi connectivity index (χ1) is 12.2. The maximum absolute atomic E-state index is 12.4. The van der Waals surface area contributed by atoms with Crippen molar-refractivity contribution in [3.8, 4) is 5.75 Å². The minimum Gasteiger partial charge on any atom is -0.478 e. The number of hydrogen-bond acceptors (Lipinski definition) is 4. The fraction of sp³-hybridized carbons (Fsp3) is 0.105. The van der Waals surface area contributed by atoms with Crippen LogP contribution in [0.1, 0.15) is 6.42 Å². The number of amides is 2. The van der Waals surface area contributed by atoms with E-state index in [0.717, 1.165) is 5.39 Å². The standard InChI is InChI=1S/C19H15N3O3/c23-17(21-14-8-3-5-12-6-4-10-20-18(12)14)11-16-19(24)22-13-7-1-2-9-15(13)25-16/h1-10,16H,11H2,(H,21,23)(H,22,24)/t16-/m0/s1. The van der Waals surface area contributed by atoms with Gasteiger partial charge in [0, 0.05) is 11.6 Å². The van der Waals surface area contributed by atoms with E-state index >= 15 is 0 Å². The molecule has 0 saturated carbocycles. The number of pyridine rings is 1. The van der Waals surface area contributed by atoms with Crippen LogP contribution >= 0.6 is 0 Å². The first kappa shape index (κ1) is 15.1. The molecule has 2 heterocycles. The summed E-state index contributed by atoms with van der Waals surface area (Å²) in [6.07, 6.45) is 0.730. The Morgan fingerprint density at radius 1 is 1.12 bits per heavy atom. The highest BCUT2D eigenvalue weighted by Gasteiger charge is 2.29. The number of carbonyl (C=O) groups is 2. The van der Waals surface area contributed by atoms with Gasteiger partial charge in [0.15, 0.2) is 6.10 Å². The Labute approximate surface area is 143 Å². The van der Waals surface area contributed by atoms with Gasteiger partial charge >= 0.3 is 0 Å². The van der Waals surface area contributed by atoms with Crippen molar-refractivity contribution in [3.05, 3.63) is 60.8 Å². The maximum atomic E-state index is 12.4. The summed E-state index contributed by atoms with van der Waals surface area (Å²) < 4.78 is 5.65. The highest BCUT2D eigenvalue weighted by atomic mass is 16.5. The molecular weight excluding hydrogens is 318 g/mol. The maximum Gasteiger partial charge on any atom is 0.266 e. The normalized spacial score (nSPS) is 15.8. The van der Waals surface area contributed by atoms with Gasteiger partial charge in [0.05, 0.1) is 23.3 Å². The van der Waals surface area contributed by atoms with E-state index in [-0.39, 0.29) is 18.2 Å². The summed E-state index contributed by atoms with van der Waals surface area (Å²) in [4.78, 5) is 28.8. The second-order valence-corrected chi connectivity index (χ2v) is 5.72. The number of carbonyl (C=O) groups excluding carboxylic acids is 2. The lowest BCUT2D eigenvalue weighted by Gasteiger charge is -2.25. The van der Waals surface area contributed by atoms with E-state index in [2.05, 4.69) is 15.6 Å². The van der Waals surface area contributed by atoms with Gasteiger partial charge in [0.1, 0.15) is 5.75 Å². The first-order valence-electron chi connectivity index (χ1n) is 7.91. The van der Waals surface area contributed by atoms with Crippen LogP contribution in [0.5, 0.6) is 5.75 Å². The van der Waals surface area contributed by atoms with Crippen molar-refractivity contribution in [2.45, 2.75) is 12.5 Å². The molecule has 6 heteroatoms. The Kier molecular flexibility index (Phi) is 3.78. The monoisotopic (exact) mass is 333 g/mol. The topological polar surface area (TPSA) is 80.3 Å². The largest absolute Gasteiger partial charge is 0.478 e. The predicted octanol–water partition coefficient (Wildman–Crippen LogP) is 2.96. The fourth-order valence-electron chi connectivity index (χ4n) is 2.80. The molecule has 0 bridgehead atoms. The molecule has 0 unspecified atom stereocenters. The van der Waals surface area contributed by atoms with Gasteiger partial charge in [-0.1, -0.05) is 30.3 Å². The van der Waals surface area contributed by atoms with Crippen molar-refractivity contribution in [1.29, 1.82) is 0 Å². The second-order valence-electron chi connectivity index (χ2n) is 5.72. The first-order valence-corrected chi connectivity index (χ1v) is 7.91. The summed E-state index contributed by atoms with van der Waals surface area (Å²) in [5.74, 6) is -0.0747. The molecule has 0 fully saturated rings. The zero-order valence-corrected chi connectivity index (χ0v) is 13.2. The summed E-state index contributed by atoms with van der Waals surface area (Å²) in [6.45, 7) is 0. The Bertz CT molecular complexity index is 966. The Hall–Kier alpha value is -3.41. The SMILES string of the molecule is O=C(C[C@@H]1Oc2ccccc2NC1=O)Nc1cccc2cccnc12. The molecule has 25 heavy (non-hydrogen) atoms. The number of hydrogen-bond donors (Lipinski definition) is 2. The second kappa shape index (κ2) is 6.24. The number of nitrogens with one attached hydrogen (secondary N) is 2. The molecule has 2 amide bonds. The number of ether oxygens (including phenoxy) is 1. The minimum absolute atomic E-state index is 0.0800. The van der Waals surface area contributed by atoms with E-state index in [4.69, 9.17) is 4.74 Å². The number of para-hydroxylation sites is 3. The number of fused-ring (bicyclic) bond motifs is 2. The van der Waals surface area contributed by atoms with Gasteiger partial charge in [0.25, 0.3) is 5.91 Å². The number of nitrogens with zero attached hydrogens (tertiary/aromatic N) is 1.